The third-order valence-corrected chi connectivity index (χ3v) is 5.47. The molecule has 1 N–H and O–H groups in total. The number of hydrogen-bond acceptors (Lipinski definition) is 5. The van der Waals surface area contributed by atoms with Crippen LogP contribution in [0.25, 0.3) is 0 Å². The Morgan fingerprint density at radius 2 is 2.24 bits per heavy atom. The Bertz CT molecular complexity index is 665. The number of morpholine rings is 1. The quantitative estimate of drug-likeness (QED) is 0.907. The van der Waals surface area contributed by atoms with E-state index in [1.807, 2.05) is 4.68 Å². The molecular formula is C19H29N5O. The van der Waals surface area contributed by atoms with Crippen LogP contribution in [-0.4, -0.2) is 58.5 Å². The molecule has 6 heteroatoms. The Labute approximate surface area is 150 Å². The van der Waals surface area contributed by atoms with E-state index in [-0.39, 0.29) is 0 Å². The Morgan fingerprint density at radius 3 is 3.04 bits per heavy atom. The van der Waals surface area contributed by atoms with Crippen LogP contribution in [0.3, 0.4) is 0 Å². The van der Waals surface area contributed by atoms with Gasteiger partial charge in [-0.15, -0.1) is 0 Å². The van der Waals surface area contributed by atoms with E-state index in [0.717, 1.165) is 39.4 Å². The molecule has 3 aliphatic rings. The maximum Gasteiger partial charge on any atom is 0.104 e. The molecule has 1 aromatic rings. The van der Waals surface area contributed by atoms with Crippen molar-refractivity contribution in [1.82, 2.24) is 24.9 Å². The highest BCUT2D eigenvalue weighted by Gasteiger charge is 2.31. The third-order valence-electron chi connectivity index (χ3n) is 5.47. The van der Waals surface area contributed by atoms with Crippen molar-refractivity contribution in [3.8, 4) is 0 Å². The lowest BCUT2D eigenvalue weighted by Crippen LogP contribution is -2.44. The van der Waals surface area contributed by atoms with Crippen LogP contribution in [0.4, 0.5) is 0 Å². The van der Waals surface area contributed by atoms with Gasteiger partial charge < -0.3 is 19.9 Å². The summed E-state index contributed by atoms with van der Waals surface area (Å²) in [6, 6.07) is 3.00. The fourth-order valence-electron chi connectivity index (χ4n) is 4.10. The number of nitrogens with zero attached hydrogens (tertiary/aromatic N) is 4. The molecule has 6 nitrogen and oxygen atoms in total. The first kappa shape index (κ1) is 16.5. The number of rotatable bonds is 4. The molecule has 3 aliphatic heterocycles. The van der Waals surface area contributed by atoms with E-state index in [2.05, 4.69) is 53.4 Å². The predicted octanol–water partition coefficient (Wildman–Crippen LogP) is 2.09. The molecule has 0 bridgehead atoms. The fourth-order valence-corrected chi connectivity index (χ4v) is 4.10. The lowest BCUT2D eigenvalue weighted by Gasteiger charge is -2.38. The SMILES string of the molecule is CCn1ccc(C2CCCN2C2=CC(N3CCOC[C@H]3C)=CCN2)n1. The zero-order valence-corrected chi connectivity index (χ0v) is 15.3. The van der Waals surface area contributed by atoms with Crippen molar-refractivity contribution in [3.05, 3.63) is 41.6 Å². The van der Waals surface area contributed by atoms with Gasteiger partial charge in [0.25, 0.3) is 0 Å². The normalized spacial score (nSPS) is 27.1. The van der Waals surface area contributed by atoms with E-state index in [1.165, 1.54) is 30.1 Å². The first-order chi connectivity index (χ1) is 12.3. The minimum absolute atomic E-state index is 0.382. The van der Waals surface area contributed by atoms with Gasteiger partial charge in [0.2, 0.25) is 0 Å². The molecule has 0 saturated carbocycles. The van der Waals surface area contributed by atoms with E-state index in [1.54, 1.807) is 0 Å². The average Bonchev–Trinajstić information content (AvgIpc) is 3.31. The van der Waals surface area contributed by atoms with Crippen molar-refractivity contribution >= 4 is 0 Å². The molecule has 2 fully saturated rings. The smallest absolute Gasteiger partial charge is 0.104 e. The summed E-state index contributed by atoms with van der Waals surface area (Å²) >= 11 is 0. The zero-order chi connectivity index (χ0) is 17.2. The summed E-state index contributed by atoms with van der Waals surface area (Å²) in [5, 5.41) is 8.34. The highest BCUT2D eigenvalue weighted by Crippen LogP contribution is 2.34. The van der Waals surface area contributed by atoms with Crippen molar-refractivity contribution in [2.24, 2.45) is 0 Å². The highest BCUT2D eigenvalue weighted by molar-refractivity contribution is 5.28. The summed E-state index contributed by atoms with van der Waals surface area (Å²) in [5.41, 5.74) is 2.52. The third kappa shape index (κ3) is 3.27. The molecular weight excluding hydrogens is 314 g/mol. The van der Waals surface area contributed by atoms with Gasteiger partial charge in [-0.05, 0) is 38.8 Å². The number of ether oxygens (including phenoxy) is 1. The summed E-state index contributed by atoms with van der Waals surface area (Å²) in [4.78, 5) is 4.97. The number of allylic oxidation sites excluding steroid dienone is 1. The van der Waals surface area contributed by atoms with Gasteiger partial charge in [0.1, 0.15) is 5.82 Å². The second-order valence-electron chi connectivity index (χ2n) is 7.10. The summed E-state index contributed by atoms with van der Waals surface area (Å²) in [6.07, 6.45) is 9.10. The van der Waals surface area contributed by atoms with Crippen LogP contribution in [0, 0.1) is 0 Å². The number of hydrogen-bond donors (Lipinski definition) is 1. The first-order valence-corrected chi connectivity index (χ1v) is 9.56. The van der Waals surface area contributed by atoms with Crippen LogP contribution in [0.2, 0.25) is 0 Å². The molecule has 0 aromatic carbocycles. The molecule has 4 rings (SSSR count). The van der Waals surface area contributed by atoms with Crippen LogP contribution >= 0.6 is 0 Å². The summed E-state index contributed by atoms with van der Waals surface area (Å²) < 4.78 is 7.61. The topological polar surface area (TPSA) is 45.6 Å². The van der Waals surface area contributed by atoms with Gasteiger partial charge in [0.15, 0.2) is 0 Å². The molecule has 0 aliphatic carbocycles. The second kappa shape index (κ2) is 7.12. The number of aromatic nitrogens is 2. The van der Waals surface area contributed by atoms with Gasteiger partial charge in [-0.1, -0.05) is 0 Å². The standard InChI is InChI=1S/C19H29N5O/c1-3-22-10-7-17(21-22)18-5-4-9-24(18)19-13-16(6-8-20-19)23-11-12-25-14-15(23)2/h6-7,10,13,15,18,20H,3-5,8-9,11-12,14H2,1-2H3/t15-,18?/m1/s1. The number of aryl methyl sites for hydroxylation is 1. The van der Waals surface area contributed by atoms with Crippen LogP contribution in [0.1, 0.15) is 38.4 Å². The minimum atomic E-state index is 0.382. The van der Waals surface area contributed by atoms with E-state index >= 15 is 0 Å². The van der Waals surface area contributed by atoms with E-state index in [0.29, 0.717) is 12.1 Å². The van der Waals surface area contributed by atoms with Gasteiger partial charge >= 0.3 is 0 Å². The van der Waals surface area contributed by atoms with Crippen LogP contribution < -0.4 is 5.32 Å². The van der Waals surface area contributed by atoms with Crippen molar-refractivity contribution in [2.75, 3.05) is 32.8 Å². The van der Waals surface area contributed by atoms with Gasteiger partial charge in [-0.2, -0.15) is 5.10 Å². The largest absolute Gasteiger partial charge is 0.377 e. The van der Waals surface area contributed by atoms with Gasteiger partial charge in [0.05, 0.1) is 24.9 Å². The Hall–Kier alpha value is -1.95. The van der Waals surface area contributed by atoms with Gasteiger partial charge in [-0.3, -0.25) is 4.68 Å². The maximum absolute atomic E-state index is 5.59. The molecule has 0 amide bonds. The lowest BCUT2D eigenvalue weighted by molar-refractivity contribution is 0.0183. The summed E-state index contributed by atoms with van der Waals surface area (Å²) in [5.74, 6) is 1.24. The lowest BCUT2D eigenvalue weighted by atomic mass is 10.1. The predicted molar refractivity (Wildman–Crippen MR) is 97.7 cm³/mol. The molecule has 136 valence electrons. The monoisotopic (exact) mass is 343 g/mol. The van der Waals surface area contributed by atoms with Crippen molar-refractivity contribution in [3.63, 3.8) is 0 Å². The Balaban J connectivity index is 1.54. The number of likely N-dealkylation sites (tertiary alicyclic amines) is 1. The molecule has 0 spiro atoms. The van der Waals surface area contributed by atoms with Gasteiger partial charge in [-0.25, -0.2) is 0 Å². The summed E-state index contributed by atoms with van der Waals surface area (Å²) in [7, 11) is 0. The number of dihydropyridines is 1. The second-order valence-corrected chi connectivity index (χ2v) is 7.10. The molecule has 1 aromatic heterocycles. The highest BCUT2D eigenvalue weighted by atomic mass is 16.5. The van der Waals surface area contributed by atoms with Crippen molar-refractivity contribution in [2.45, 2.75) is 45.3 Å². The fraction of sp³-hybridized carbons (Fsp3) is 0.632. The average molecular weight is 343 g/mol. The minimum Gasteiger partial charge on any atom is -0.377 e. The molecule has 2 atom stereocenters. The summed E-state index contributed by atoms with van der Waals surface area (Å²) in [6.45, 7) is 9.89. The first-order valence-electron chi connectivity index (χ1n) is 9.56. The van der Waals surface area contributed by atoms with E-state index in [4.69, 9.17) is 9.84 Å². The zero-order valence-electron chi connectivity index (χ0n) is 15.3. The van der Waals surface area contributed by atoms with Crippen molar-refractivity contribution < 1.29 is 4.74 Å². The van der Waals surface area contributed by atoms with Crippen LogP contribution in [0.5, 0.6) is 0 Å². The molecule has 2 saturated heterocycles. The number of nitrogens with one attached hydrogen (secondary N) is 1. The van der Waals surface area contributed by atoms with Gasteiger partial charge in [0, 0.05) is 50.2 Å². The molecule has 25 heavy (non-hydrogen) atoms. The Morgan fingerprint density at radius 1 is 1.32 bits per heavy atom. The Kier molecular flexibility index (Phi) is 4.70. The molecule has 4 heterocycles. The van der Waals surface area contributed by atoms with E-state index < -0.39 is 0 Å². The maximum atomic E-state index is 5.59. The van der Waals surface area contributed by atoms with E-state index in [9.17, 15) is 0 Å². The van der Waals surface area contributed by atoms with Crippen LogP contribution in [-0.2, 0) is 11.3 Å². The van der Waals surface area contributed by atoms with Crippen molar-refractivity contribution in [1.29, 1.82) is 0 Å². The molecule has 1 unspecified atom stereocenters. The van der Waals surface area contributed by atoms with Crippen LogP contribution in [0.15, 0.2) is 35.9 Å². The molecule has 0 radical (unpaired) electrons.